The summed E-state index contributed by atoms with van der Waals surface area (Å²) in [6.07, 6.45) is 3.00. The standard InChI is InChI=1S/C12H12N6O2S/c1-6-9(21-7(2)14-6)11-16-17-12(20-11)15-10(19)8-4-13-5-18(8)3/h4-5H,1-3H3,(H,15,17,19). The van der Waals surface area contributed by atoms with E-state index >= 15 is 0 Å². The van der Waals surface area contributed by atoms with Crippen molar-refractivity contribution >= 4 is 23.3 Å². The molecule has 3 rings (SSSR count). The normalized spacial score (nSPS) is 10.8. The highest BCUT2D eigenvalue weighted by Crippen LogP contribution is 2.29. The Morgan fingerprint density at radius 3 is 2.81 bits per heavy atom. The molecule has 8 nitrogen and oxygen atoms in total. The molecular formula is C12H12N6O2S. The Balaban J connectivity index is 1.81. The van der Waals surface area contributed by atoms with Gasteiger partial charge in [-0.2, -0.15) is 0 Å². The van der Waals surface area contributed by atoms with Gasteiger partial charge in [0.1, 0.15) is 10.6 Å². The summed E-state index contributed by atoms with van der Waals surface area (Å²) in [5.41, 5.74) is 1.23. The summed E-state index contributed by atoms with van der Waals surface area (Å²) in [4.78, 5) is 21.0. The van der Waals surface area contributed by atoms with Crippen LogP contribution in [0.4, 0.5) is 6.01 Å². The van der Waals surface area contributed by atoms with Crippen LogP contribution in [-0.4, -0.2) is 30.6 Å². The van der Waals surface area contributed by atoms with Crippen molar-refractivity contribution in [3.05, 3.63) is 28.9 Å². The number of thiazole rings is 1. The van der Waals surface area contributed by atoms with Gasteiger partial charge < -0.3 is 8.98 Å². The van der Waals surface area contributed by atoms with Crippen molar-refractivity contribution in [3.63, 3.8) is 0 Å². The molecule has 0 saturated carbocycles. The fourth-order valence-electron chi connectivity index (χ4n) is 1.83. The molecule has 0 bridgehead atoms. The third kappa shape index (κ3) is 2.55. The smallest absolute Gasteiger partial charge is 0.322 e. The van der Waals surface area contributed by atoms with E-state index in [0.717, 1.165) is 15.6 Å². The zero-order valence-electron chi connectivity index (χ0n) is 11.6. The molecule has 3 heterocycles. The SMILES string of the molecule is Cc1nc(C)c(-c2nnc(NC(=O)c3cncn3C)o2)s1. The molecule has 1 N–H and O–H groups in total. The molecule has 0 aromatic carbocycles. The summed E-state index contributed by atoms with van der Waals surface area (Å²) in [6.45, 7) is 3.78. The maximum absolute atomic E-state index is 12.0. The average Bonchev–Trinajstić information content (AvgIpc) is 3.10. The van der Waals surface area contributed by atoms with Crippen LogP contribution in [0.1, 0.15) is 21.2 Å². The molecule has 3 aromatic rings. The minimum absolute atomic E-state index is 0.0432. The molecule has 1 amide bonds. The second kappa shape index (κ2) is 5.09. The molecule has 21 heavy (non-hydrogen) atoms. The fraction of sp³-hybridized carbons (Fsp3) is 0.250. The third-order valence-electron chi connectivity index (χ3n) is 2.79. The maximum Gasteiger partial charge on any atom is 0.322 e. The zero-order chi connectivity index (χ0) is 15.0. The van der Waals surface area contributed by atoms with Gasteiger partial charge in [0.25, 0.3) is 11.8 Å². The molecule has 0 radical (unpaired) electrons. The molecule has 0 fully saturated rings. The van der Waals surface area contributed by atoms with Crippen LogP contribution >= 0.6 is 11.3 Å². The molecule has 0 spiro atoms. The molecule has 3 aromatic heterocycles. The molecule has 0 unspecified atom stereocenters. The van der Waals surface area contributed by atoms with E-state index in [4.69, 9.17) is 4.42 Å². The summed E-state index contributed by atoms with van der Waals surface area (Å²) in [5.74, 6) is -0.0131. The lowest BCUT2D eigenvalue weighted by Gasteiger charge is -2.00. The van der Waals surface area contributed by atoms with Crippen molar-refractivity contribution in [2.45, 2.75) is 13.8 Å². The lowest BCUT2D eigenvalue weighted by molar-refractivity contribution is 0.101. The van der Waals surface area contributed by atoms with Crippen LogP contribution in [-0.2, 0) is 7.05 Å². The quantitative estimate of drug-likeness (QED) is 0.792. The predicted octanol–water partition coefficient (Wildman–Crippen LogP) is 1.80. The molecule has 0 atom stereocenters. The molecule has 9 heteroatoms. The topological polar surface area (TPSA) is 98.7 Å². The van der Waals surface area contributed by atoms with E-state index in [1.807, 2.05) is 13.8 Å². The first kappa shape index (κ1) is 13.4. The highest BCUT2D eigenvalue weighted by Gasteiger charge is 2.17. The van der Waals surface area contributed by atoms with E-state index in [1.165, 1.54) is 23.9 Å². The zero-order valence-corrected chi connectivity index (χ0v) is 12.4. The number of nitrogens with one attached hydrogen (secondary N) is 1. The maximum atomic E-state index is 12.0. The Morgan fingerprint density at radius 1 is 1.38 bits per heavy atom. The second-order valence-corrected chi connectivity index (χ2v) is 5.61. The highest BCUT2D eigenvalue weighted by molar-refractivity contribution is 7.15. The Morgan fingerprint density at radius 2 is 2.19 bits per heavy atom. The number of aromatic nitrogens is 5. The van der Waals surface area contributed by atoms with Gasteiger partial charge in [-0.25, -0.2) is 9.97 Å². The number of anilines is 1. The number of aryl methyl sites for hydroxylation is 3. The van der Waals surface area contributed by atoms with Gasteiger partial charge in [-0.15, -0.1) is 16.4 Å². The van der Waals surface area contributed by atoms with Crippen LogP contribution in [0.2, 0.25) is 0 Å². The van der Waals surface area contributed by atoms with Gasteiger partial charge in [0.2, 0.25) is 0 Å². The number of rotatable bonds is 3. The molecule has 0 aliphatic carbocycles. The van der Waals surface area contributed by atoms with Crippen molar-refractivity contribution in [2.75, 3.05) is 5.32 Å². The first-order valence-electron chi connectivity index (χ1n) is 6.10. The van der Waals surface area contributed by atoms with E-state index in [0.29, 0.717) is 11.6 Å². The van der Waals surface area contributed by atoms with Gasteiger partial charge >= 0.3 is 6.01 Å². The van der Waals surface area contributed by atoms with Crippen LogP contribution in [0.15, 0.2) is 16.9 Å². The average molecular weight is 304 g/mol. The van der Waals surface area contributed by atoms with Crippen LogP contribution < -0.4 is 5.32 Å². The molecule has 0 aliphatic rings. The highest BCUT2D eigenvalue weighted by atomic mass is 32.1. The van der Waals surface area contributed by atoms with Crippen LogP contribution in [0.5, 0.6) is 0 Å². The predicted molar refractivity (Wildman–Crippen MR) is 76.0 cm³/mol. The van der Waals surface area contributed by atoms with Crippen molar-refractivity contribution in [2.24, 2.45) is 7.05 Å². The third-order valence-corrected chi connectivity index (χ3v) is 3.85. The summed E-state index contributed by atoms with van der Waals surface area (Å²) < 4.78 is 7.06. The Bertz CT molecular complexity index is 802. The summed E-state index contributed by atoms with van der Waals surface area (Å²) >= 11 is 1.47. The first-order valence-corrected chi connectivity index (χ1v) is 6.92. The number of hydrogen-bond donors (Lipinski definition) is 1. The fourth-order valence-corrected chi connectivity index (χ4v) is 2.67. The molecule has 0 saturated heterocycles. The molecule has 0 aliphatic heterocycles. The van der Waals surface area contributed by atoms with Crippen molar-refractivity contribution in [1.82, 2.24) is 24.7 Å². The van der Waals surface area contributed by atoms with E-state index in [9.17, 15) is 4.79 Å². The summed E-state index contributed by atoms with van der Waals surface area (Å²) in [5, 5.41) is 11.2. The largest absolute Gasteiger partial charge is 0.402 e. The first-order chi connectivity index (χ1) is 10.0. The van der Waals surface area contributed by atoms with E-state index in [2.05, 4.69) is 25.5 Å². The van der Waals surface area contributed by atoms with E-state index < -0.39 is 0 Å². The number of carbonyl (C=O) groups excluding carboxylic acids is 1. The van der Waals surface area contributed by atoms with Gasteiger partial charge in [0, 0.05) is 7.05 Å². The minimum Gasteiger partial charge on any atom is -0.402 e. The Hall–Kier alpha value is -2.55. The van der Waals surface area contributed by atoms with E-state index in [-0.39, 0.29) is 11.9 Å². The summed E-state index contributed by atoms with van der Waals surface area (Å²) in [7, 11) is 1.73. The molecular weight excluding hydrogens is 292 g/mol. The number of imidazole rings is 1. The Kier molecular flexibility index (Phi) is 3.26. The monoisotopic (exact) mass is 304 g/mol. The van der Waals surface area contributed by atoms with Gasteiger partial charge in [-0.3, -0.25) is 10.1 Å². The lowest BCUT2D eigenvalue weighted by atomic mass is 10.4. The van der Waals surface area contributed by atoms with E-state index in [1.54, 1.807) is 11.6 Å². The number of carbonyl (C=O) groups is 1. The number of amides is 1. The minimum atomic E-state index is -0.359. The lowest BCUT2D eigenvalue weighted by Crippen LogP contribution is -2.15. The van der Waals surface area contributed by atoms with Crippen molar-refractivity contribution in [3.8, 4) is 10.8 Å². The second-order valence-electron chi connectivity index (χ2n) is 4.40. The molecule has 108 valence electrons. The van der Waals surface area contributed by atoms with Crippen molar-refractivity contribution in [1.29, 1.82) is 0 Å². The van der Waals surface area contributed by atoms with Gasteiger partial charge in [-0.1, -0.05) is 5.10 Å². The number of nitrogens with zero attached hydrogens (tertiary/aromatic N) is 5. The Labute approximate surface area is 123 Å². The van der Waals surface area contributed by atoms with Crippen LogP contribution in [0.3, 0.4) is 0 Å². The van der Waals surface area contributed by atoms with Crippen LogP contribution in [0, 0.1) is 13.8 Å². The van der Waals surface area contributed by atoms with Gasteiger partial charge in [0.05, 0.1) is 23.2 Å². The number of hydrogen-bond acceptors (Lipinski definition) is 7. The van der Waals surface area contributed by atoms with Crippen molar-refractivity contribution < 1.29 is 9.21 Å². The van der Waals surface area contributed by atoms with Gasteiger partial charge in [0.15, 0.2) is 0 Å². The van der Waals surface area contributed by atoms with Crippen LogP contribution in [0.25, 0.3) is 10.8 Å². The summed E-state index contributed by atoms with van der Waals surface area (Å²) in [6, 6.07) is 0.0432. The van der Waals surface area contributed by atoms with Gasteiger partial charge in [-0.05, 0) is 13.8 Å².